The van der Waals surface area contributed by atoms with Gasteiger partial charge in [-0.3, -0.25) is 5.32 Å². The SMILES string of the molecule is COc1ccccc1N1CCN(c2ccc(NC(=O)OC(C)(C)C)nc2)CC1. The fourth-order valence-corrected chi connectivity index (χ4v) is 3.15. The molecule has 1 aromatic carbocycles. The Morgan fingerprint density at radius 1 is 1.04 bits per heavy atom. The summed E-state index contributed by atoms with van der Waals surface area (Å²) in [7, 11) is 1.70. The Balaban J connectivity index is 1.57. The minimum Gasteiger partial charge on any atom is -0.495 e. The Bertz CT molecular complexity index is 794. The van der Waals surface area contributed by atoms with E-state index >= 15 is 0 Å². The van der Waals surface area contributed by atoms with Crippen LogP contribution in [0.15, 0.2) is 42.6 Å². The van der Waals surface area contributed by atoms with Crippen molar-refractivity contribution in [3.8, 4) is 5.75 Å². The van der Waals surface area contributed by atoms with Crippen LogP contribution in [0.5, 0.6) is 5.75 Å². The maximum Gasteiger partial charge on any atom is 0.413 e. The number of rotatable bonds is 4. The van der Waals surface area contributed by atoms with Gasteiger partial charge in [-0.15, -0.1) is 0 Å². The number of nitrogens with one attached hydrogen (secondary N) is 1. The summed E-state index contributed by atoms with van der Waals surface area (Å²) >= 11 is 0. The molecule has 7 heteroatoms. The van der Waals surface area contributed by atoms with Crippen molar-refractivity contribution in [2.75, 3.05) is 48.4 Å². The highest BCUT2D eigenvalue weighted by atomic mass is 16.6. The smallest absolute Gasteiger partial charge is 0.413 e. The Hall–Kier alpha value is -2.96. The van der Waals surface area contributed by atoms with Crippen molar-refractivity contribution in [1.29, 1.82) is 0 Å². The van der Waals surface area contributed by atoms with Gasteiger partial charge in [0, 0.05) is 26.2 Å². The fourth-order valence-electron chi connectivity index (χ4n) is 3.15. The van der Waals surface area contributed by atoms with E-state index < -0.39 is 11.7 Å². The van der Waals surface area contributed by atoms with Gasteiger partial charge in [0.2, 0.25) is 0 Å². The molecule has 0 spiro atoms. The molecule has 1 N–H and O–H groups in total. The van der Waals surface area contributed by atoms with Crippen molar-refractivity contribution in [2.45, 2.75) is 26.4 Å². The zero-order valence-electron chi connectivity index (χ0n) is 16.9. The van der Waals surface area contributed by atoms with E-state index in [1.165, 1.54) is 0 Å². The molecule has 28 heavy (non-hydrogen) atoms. The minimum absolute atomic E-state index is 0.477. The molecule has 1 saturated heterocycles. The monoisotopic (exact) mass is 384 g/mol. The molecule has 1 aliphatic rings. The van der Waals surface area contributed by atoms with E-state index in [9.17, 15) is 4.79 Å². The summed E-state index contributed by atoms with van der Waals surface area (Å²) in [6, 6.07) is 11.9. The van der Waals surface area contributed by atoms with E-state index in [0.29, 0.717) is 5.82 Å². The van der Waals surface area contributed by atoms with Gasteiger partial charge in [-0.1, -0.05) is 12.1 Å². The van der Waals surface area contributed by atoms with Crippen molar-refractivity contribution in [1.82, 2.24) is 4.98 Å². The number of ether oxygens (including phenoxy) is 2. The number of piperazine rings is 1. The molecular weight excluding hydrogens is 356 g/mol. The number of hydrogen-bond donors (Lipinski definition) is 1. The second kappa shape index (κ2) is 8.37. The molecule has 2 heterocycles. The molecule has 0 bridgehead atoms. The molecule has 0 aliphatic carbocycles. The van der Waals surface area contributed by atoms with Crippen LogP contribution in [0.4, 0.5) is 22.0 Å². The number of hydrogen-bond acceptors (Lipinski definition) is 6. The van der Waals surface area contributed by atoms with Crippen LogP contribution in [-0.4, -0.2) is 50.0 Å². The van der Waals surface area contributed by atoms with E-state index in [1.54, 1.807) is 19.4 Å². The lowest BCUT2D eigenvalue weighted by Crippen LogP contribution is -2.46. The molecule has 0 atom stereocenters. The van der Waals surface area contributed by atoms with Crippen LogP contribution in [0.25, 0.3) is 0 Å². The lowest BCUT2D eigenvalue weighted by molar-refractivity contribution is 0.0635. The lowest BCUT2D eigenvalue weighted by atomic mass is 10.2. The quantitative estimate of drug-likeness (QED) is 0.866. The van der Waals surface area contributed by atoms with Gasteiger partial charge in [0.05, 0.1) is 24.7 Å². The normalized spacial score (nSPS) is 14.6. The van der Waals surface area contributed by atoms with Gasteiger partial charge >= 0.3 is 6.09 Å². The number of anilines is 3. The number of para-hydroxylation sites is 2. The van der Waals surface area contributed by atoms with E-state index in [0.717, 1.165) is 43.3 Å². The standard InChI is InChI=1S/C21H28N4O3/c1-21(2,3)28-20(26)23-19-10-9-16(15-22-19)24-11-13-25(14-12-24)17-7-5-6-8-18(17)27-4/h5-10,15H,11-14H2,1-4H3,(H,22,23,26). The third-order valence-corrected chi connectivity index (χ3v) is 4.45. The van der Waals surface area contributed by atoms with Crippen LogP contribution >= 0.6 is 0 Å². The van der Waals surface area contributed by atoms with E-state index in [1.807, 2.05) is 45.0 Å². The lowest BCUT2D eigenvalue weighted by Gasteiger charge is -2.37. The summed E-state index contributed by atoms with van der Waals surface area (Å²) in [5.74, 6) is 1.38. The second-order valence-electron chi connectivity index (χ2n) is 7.67. The number of amides is 1. The molecular formula is C21H28N4O3. The summed E-state index contributed by atoms with van der Waals surface area (Å²) in [6.45, 7) is 9.06. The summed E-state index contributed by atoms with van der Waals surface area (Å²) in [5, 5.41) is 2.66. The Kier molecular flexibility index (Phi) is 5.92. The first-order chi connectivity index (χ1) is 13.4. The molecule has 1 fully saturated rings. The average Bonchev–Trinajstić information content (AvgIpc) is 2.67. The van der Waals surface area contributed by atoms with Gasteiger partial charge < -0.3 is 19.3 Å². The Labute approximate surface area is 166 Å². The van der Waals surface area contributed by atoms with Gasteiger partial charge in [0.25, 0.3) is 0 Å². The number of benzene rings is 1. The van der Waals surface area contributed by atoms with Crippen molar-refractivity contribution in [3.05, 3.63) is 42.6 Å². The molecule has 2 aromatic rings. The molecule has 1 amide bonds. The first kappa shape index (κ1) is 19.8. The topological polar surface area (TPSA) is 66.9 Å². The van der Waals surface area contributed by atoms with E-state index in [2.05, 4.69) is 26.2 Å². The number of pyridine rings is 1. The van der Waals surface area contributed by atoms with Crippen LogP contribution in [0.1, 0.15) is 20.8 Å². The molecule has 1 aromatic heterocycles. The summed E-state index contributed by atoms with van der Waals surface area (Å²) in [6.07, 6.45) is 1.28. The number of carbonyl (C=O) groups excluding carboxylic acids is 1. The summed E-state index contributed by atoms with van der Waals surface area (Å²) in [4.78, 5) is 20.8. The van der Waals surface area contributed by atoms with Crippen LogP contribution < -0.4 is 19.9 Å². The summed E-state index contributed by atoms with van der Waals surface area (Å²) < 4.78 is 10.7. The Morgan fingerprint density at radius 3 is 2.32 bits per heavy atom. The van der Waals surface area contributed by atoms with Crippen LogP contribution in [0.3, 0.4) is 0 Å². The second-order valence-corrected chi connectivity index (χ2v) is 7.67. The average molecular weight is 384 g/mol. The van der Waals surface area contributed by atoms with Gasteiger partial charge in [0.1, 0.15) is 17.2 Å². The van der Waals surface area contributed by atoms with Gasteiger partial charge in [-0.05, 0) is 45.0 Å². The highest BCUT2D eigenvalue weighted by Gasteiger charge is 2.20. The van der Waals surface area contributed by atoms with Gasteiger partial charge in [-0.25, -0.2) is 9.78 Å². The van der Waals surface area contributed by atoms with E-state index in [4.69, 9.17) is 9.47 Å². The van der Waals surface area contributed by atoms with Crippen molar-refractivity contribution in [2.24, 2.45) is 0 Å². The predicted octanol–water partition coefficient (Wildman–Crippen LogP) is 3.76. The zero-order chi connectivity index (χ0) is 20.1. The third-order valence-electron chi connectivity index (χ3n) is 4.45. The molecule has 7 nitrogen and oxygen atoms in total. The van der Waals surface area contributed by atoms with Crippen LogP contribution in [-0.2, 0) is 4.74 Å². The van der Waals surface area contributed by atoms with Crippen molar-refractivity contribution >= 4 is 23.3 Å². The van der Waals surface area contributed by atoms with E-state index in [-0.39, 0.29) is 0 Å². The number of aromatic nitrogens is 1. The maximum absolute atomic E-state index is 11.8. The van der Waals surface area contributed by atoms with Gasteiger partial charge in [0.15, 0.2) is 0 Å². The molecule has 0 radical (unpaired) electrons. The van der Waals surface area contributed by atoms with Crippen molar-refractivity contribution in [3.63, 3.8) is 0 Å². The number of carbonyl (C=O) groups is 1. The minimum atomic E-state index is -0.537. The predicted molar refractivity (Wildman–Crippen MR) is 112 cm³/mol. The van der Waals surface area contributed by atoms with Gasteiger partial charge in [-0.2, -0.15) is 0 Å². The molecule has 0 unspecified atom stereocenters. The zero-order valence-corrected chi connectivity index (χ0v) is 16.9. The molecule has 3 rings (SSSR count). The first-order valence-electron chi connectivity index (χ1n) is 9.45. The Morgan fingerprint density at radius 2 is 1.71 bits per heavy atom. The molecule has 0 saturated carbocycles. The number of methoxy groups -OCH3 is 1. The third kappa shape index (κ3) is 5.06. The largest absolute Gasteiger partial charge is 0.495 e. The molecule has 150 valence electrons. The highest BCUT2D eigenvalue weighted by Crippen LogP contribution is 2.29. The molecule has 1 aliphatic heterocycles. The number of nitrogens with zero attached hydrogens (tertiary/aromatic N) is 3. The maximum atomic E-state index is 11.8. The van der Waals surface area contributed by atoms with Crippen LogP contribution in [0, 0.1) is 0 Å². The van der Waals surface area contributed by atoms with Crippen molar-refractivity contribution < 1.29 is 14.3 Å². The highest BCUT2D eigenvalue weighted by molar-refractivity contribution is 5.83. The summed E-state index contributed by atoms with van der Waals surface area (Å²) in [5.41, 5.74) is 1.62. The van der Waals surface area contributed by atoms with Crippen LogP contribution in [0.2, 0.25) is 0 Å². The fraction of sp³-hybridized carbons (Fsp3) is 0.429. The first-order valence-corrected chi connectivity index (χ1v) is 9.45.